The van der Waals surface area contributed by atoms with E-state index >= 15 is 0 Å². The SMILES string of the molecule is Cc1cccc2sc(N(CC[NH+](C)C)C(=O)c3c(F)cccc3F)nc12. The summed E-state index contributed by atoms with van der Waals surface area (Å²) in [5, 5.41) is 0.447. The van der Waals surface area contributed by atoms with Crippen LogP contribution in [0.4, 0.5) is 13.9 Å². The number of carbonyl (C=O) groups is 1. The Labute approximate surface area is 154 Å². The zero-order valence-corrected chi connectivity index (χ0v) is 15.7. The van der Waals surface area contributed by atoms with Crippen LogP contribution in [0.15, 0.2) is 36.4 Å². The number of para-hydroxylation sites is 1. The number of likely N-dealkylation sites (N-methyl/N-ethyl adjacent to an activating group) is 1. The van der Waals surface area contributed by atoms with Gasteiger partial charge in [-0.3, -0.25) is 9.69 Å². The molecule has 0 unspecified atom stereocenters. The Balaban J connectivity index is 2.06. The molecule has 0 aliphatic rings. The van der Waals surface area contributed by atoms with Crippen molar-refractivity contribution in [3.63, 3.8) is 0 Å². The van der Waals surface area contributed by atoms with Crippen LogP contribution in [0.1, 0.15) is 15.9 Å². The molecule has 7 heteroatoms. The number of halogens is 2. The van der Waals surface area contributed by atoms with Crippen molar-refractivity contribution < 1.29 is 18.5 Å². The molecule has 136 valence electrons. The predicted molar refractivity (Wildman–Crippen MR) is 100 cm³/mol. The summed E-state index contributed by atoms with van der Waals surface area (Å²) in [6, 6.07) is 9.22. The highest BCUT2D eigenvalue weighted by molar-refractivity contribution is 7.22. The van der Waals surface area contributed by atoms with Crippen LogP contribution in [-0.4, -0.2) is 38.1 Å². The van der Waals surface area contributed by atoms with Gasteiger partial charge in [-0.05, 0) is 30.7 Å². The number of fused-ring (bicyclic) bond motifs is 1. The summed E-state index contributed by atoms with van der Waals surface area (Å²) in [5.74, 6) is -2.44. The smallest absolute Gasteiger partial charge is 0.266 e. The van der Waals surface area contributed by atoms with Gasteiger partial charge in [-0.25, -0.2) is 13.8 Å². The minimum atomic E-state index is -0.866. The van der Waals surface area contributed by atoms with Gasteiger partial charge in [0.05, 0.1) is 37.4 Å². The van der Waals surface area contributed by atoms with E-state index in [1.807, 2.05) is 39.2 Å². The number of nitrogens with one attached hydrogen (secondary N) is 1. The molecule has 1 N–H and O–H groups in total. The first-order chi connectivity index (χ1) is 12.4. The van der Waals surface area contributed by atoms with Crippen LogP contribution in [0.25, 0.3) is 10.2 Å². The predicted octanol–water partition coefficient (Wildman–Crippen LogP) is 2.67. The first kappa shape index (κ1) is 18.4. The maximum atomic E-state index is 14.1. The van der Waals surface area contributed by atoms with Crippen LogP contribution in [0.2, 0.25) is 0 Å². The zero-order chi connectivity index (χ0) is 18.8. The van der Waals surface area contributed by atoms with E-state index in [0.29, 0.717) is 18.2 Å². The van der Waals surface area contributed by atoms with Gasteiger partial charge in [-0.1, -0.05) is 29.5 Å². The summed E-state index contributed by atoms with van der Waals surface area (Å²) >= 11 is 1.35. The van der Waals surface area contributed by atoms with Crippen LogP contribution in [0, 0.1) is 18.6 Å². The minimum absolute atomic E-state index is 0.313. The molecule has 3 rings (SSSR count). The Morgan fingerprint density at radius 3 is 2.42 bits per heavy atom. The number of anilines is 1. The van der Waals surface area contributed by atoms with Gasteiger partial charge >= 0.3 is 0 Å². The van der Waals surface area contributed by atoms with Crippen molar-refractivity contribution >= 4 is 32.6 Å². The average molecular weight is 376 g/mol. The average Bonchev–Trinajstić information content (AvgIpc) is 3.00. The fourth-order valence-corrected chi connectivity index (χ4v) is 3.71. The number of rotatable bonds is 5. The Morgan fingerprint density at radius 1 is 1.15 bits per heavy atom. The molecule has 3 aromatic rings. The highest BCUT2D eigenvalue weighted by atomic mass is 32.1. The van der Waals surface area contributed by atoms with Gasteiger partial charge in [0.25, 0.3) is 5.91 Å². The fraction of sp³-hybridized carbons (Fsp3) is 0.263. The molecule has 2 aromatic carbocycles. The Kier molecular flexibility index (Phi) is 5.29. The van der Waals surface area contributed by atoms with Gasteiger partial charge in [0, 0.05) is 0 Å². The molecule has 0 radical (unpaired) electrons. The first-order valence-corrected chi connectivity index (χ1v) is 9.11. The summed E-state index contributed by atoms with van der Waals surface area (Å²) in [6.45, 7) is 2.88. The quantitative estimate of drug-likeness (QED) is 0.744. The van der Waals surface area contributed by atoms with E-state index < -0.39 is 23.1 Å². The largest absolute Gasteiger partial charge is 0.338 e. The number of benzene rings is 2. The highest BCUT2D eigenvalue weighted by Gasteiger charge is 2.27. The molecular weight excluding hydrogens is 356 g/mol. The van der Waals surface area contributed by atoms with Crippen molar-refractivity contribution in [2.75, 3.05) is 32.1 Å². The van der Waals surface area contributed by atoms with Crippen molar-refractivity contribution in [1.29, 1.82) is 0 Å². The lowest BCUT2D eigenvalue weighted by atomic mass is 10.1. The number of carbonyl (C=O) groups excluding carboxylic acids is 1. The van der Waals surface area contributed by atoms with Crippen molar-refractivity contribution in [2.45, 2.75) is 6.92 Å². The third-order valence-corrected chi connectivity index (χ3v) is 5.14. The van der Waals surface area contributed by atoms with Gasteiger partial charge < -0.3 is 4.90 Å². The molecule has 4 nitrogen and oxygen atoms in total. The molecule has 1 heterocycles. The number of thiazole rings is 1. The van der Waals surface area contributed by atoms with Crippen LogP contribution >= 0.6 is 11.3 Å². The van der Waals surface area contributed by atoms with Crippen molar-refractivity contribution in [1.82, 2.24) is 4.98 Å². The standard InChI is InChI=1S/C19H19F2N3OS/c1-12-6-4-9-15-17(12)22-19(26-15)24(11-10-23(2)3)18(25)16-13(20)7-5-8-14(16)21/h4-9H,10-11H2,1-3H3/p+1. The zero-order valence-electron chi connectivity index (χ0n) is 14.8. The van der Waals surface area contributed by atoms with E-state index in [1.54, 1.807) is 0 Å². The normalized spacial score (nSPS) is 11.3. The molecule has 0 bridgehead atoms. The molecule has 0 saturated carbocycles. The number of aryl methyl sites for hydroxylation is 1. The molecule has 0 aliphatic heterocycles. The molecular formula is C19H20F2N3OS+. The van der Waals surface area contributed by atoms with Gasteiger partial charge in [-0.15, -0.1) is 0 Å². The maximum absolute atomic E-state index is 14.1. The molecule has 0 saturated heterocycles. The molecule has 0 spiro atoms. The van der Waals surface area contributed by atoms with Crippen molar-refractivity contribution in [2.24, 2.45) is 0 Å². The number of hydrogen-bond donors (Lipinski definition) is 1. The highest BCUT2D eigenvalue weighted by Crippen LogP contribution is 2.31. The Hall–Kier alpha value is -2.38. The van der Waals surface area contributed by atoms with Crippen LogP contribution in [0.3, 0.4) is 0 Å². The molecule has 0 fully saturated rings. The molecule has 0 aliphatic carbocycles. The summed E-state index contributed by atoms with van der Waals surface area (Å²) < 4.78 is 29.2. The lowest BCUT2D eigenvalue weighted by Crippen LogP contribution is -3.06. The molecule has 26 heavy (non-hydrogen) atoms. The number of nitrogens with zero attached hydrogens (tertiary/aromatic N) is 2. The Bertz CT molecular complexity index is 935. The summed E-state index contributed by atoms with van der Waals surface area (Å²) in [6.07, 6.45) is 0. The van der Waals surface area contributed by atoms with Crippen LogP contribution in [0.5, 0.6) is 0 Å². The fourth-order valence-electron chi connectivity index (χ4n) is 2.65. The van der Waals surface area contributed by atoms with E-state index in [0.717, 1.165) is 32.8 Å². The van der Waals surface area contributed by atoms with Gasteiger partial charge in [0.2, 0.25) is 0 Å². The van der Waals surface area contributed by atoms with Crippen LogP contribution < -0.4 is 9.80 Å². The van der Waals surface area contributed by atoms with Gasteiger partial charge in [0.15, 0.2) is 5.13 Å². The van der Waals surface area contributed by atoms with Crippen molar-refractivity contribution in [3.05, 3.63) is 59.2 Å². The topological polar surface area (TPSA) is 37.6 Å². The molecule has 1 aromatic heterocycles. The Morgan fingerprint density at radius 2 is 1.81 bits per heavy atom. The lowest BCUT2D eigenvalue weighted by Gasteiger charge is -2.21. The molecule has 0 atom stereocenters. The summed E-state index contributed by atoms with van der Waals surface area (Å²) in [7, 11) is 3.91. The maximum Gasteiger partial charge on any atom is 0.266 e. The number of quaternary nitrogens is 1. The van der Waals surface area contributed by atoms with E-state index in [9.17, 15) is 13.6 Å². The number of hydrogen-bond acceptors (Lipinski definition) is 3. The first-order valence-electron chi connectivity index (χ1n) is 8.29. The summed E-state index contributed by atoms with van der Waals surface area (Å²) in [5.41, 5.74) is 1.25. The summed E-state index contributed by atoms with van der Waals surface area (Å²) in [4.78, 5) is 20.0. The van der Waals surface area contributed by atoms with E-state index in [-0.39, 0.29) is 0 Å². The van der Waals surface area contributed by atoms with E-state index in [1.165, 1.54) is 22.3 Å². The van der Waals surface area contributed by atoms with E-state index in [2.05, 4.69) is 4.98 Å². The monoisotopic (exact) mass is 376 g/mol. The second-order valence-electron chi connectivity index (χ2n) is 6.43. The lowest BCUT2D eigenvalue weighted by molar-refractivity contribution is -0.856. The number of amides is 1. The van der Waals surface area contributed by atoms with Gasteiger partial charge in [-0.2, -0.15) is 0 Å². The third-order valence-electron chi connectivity index (χ3n) is 4.10. The third kappa shape index (κ3) is 3.59. The van der Waals surface area contributed by atoms with Crippen LogP contribution in [-0.2, 0) is 0 Å². The minimum Gasteiger partial charge on any atom is -0.338 e. The molecule has 1 amide bonds. The van der Waals surface area contributed by atoms with Crippen molar-refractivity contribution in [3.8, 4) is 0 Å². The van der Waals surface area contributed by atoms with Gasteiger partial charge in [0.1, 0.15) is 17.2 Å². The number of aromatic nitrogens is 1. The second kappa shape index (κ2) is 7.47. The van der Waals surface area contributed by atoms with E-state index in [4.69, 9.17) is 0 Å². The second-order valence-corrected chi connectivity index (χ2v) is 7.44.